The first-order valence-corrected chi connectivity index (χ1v) is 8.41. The van der Waals surface area contributed by atoms with Gasteiger partial charge in [0, 0.05) is 32.8 Å². The van der Waals surface area contributed by atoms with Crippen LogP contribution >= 0.6 is 15.9 Å². The van der Waals surface area contributed by atoms with Crippen molar-refractivity contribution in [1.29, 1.82) is 0 Å². The molecule has 1 fully saturated rings. The average Bonchev–Trinajstić information content (AvgIpc) is 2.76. The van der Waals surface area contributed by atoms with E-state index in [1.54, 1.807) is 0 Å². The van der Waals surface area contributed by atoms with Gasteiger partial charge < -0.3 is 10.1 Å². The standard InChI is InChI=1S/C15H26BrN3O/c1-4-12-14(16)13(19(5-2)18-12)10-17-11-15(3)6-8-20-9-7-15/h17H,4-11H2,1-3H3. The molecule has 2 rings (SSSR count). The molecule has 4 nitrogen and oxygen atoms in total. The smallest absolute Gasteiger partial charge is 0.0767 e. The van der Waals surface area contributed by atoms with Gasteiger partial charge in [0.05, 0.1) is 15.9 Å². The summed E-state index contributed by atoms with van der Waals surface area (Å²) in [6.45, 7) is 11.3. The predicted octanol–water partition coefficient (Wildman–Crippen LogP) is 3.13. The quantitative estimate of drug-likeness (QED) is 0.862. The second kappa shape index (κ2) is 7.05. The zero-order valence-electron chi connectivity index (χ0n) is 12.8. The van der Waals surface area contributed by atoms with Gasteiger partial charge in [0.25, 0.3) is 0 Å². The summed E-state index contributed by atoms with van der Waals surface area (Å²) in [6, 6.07) is 0. The van der Waals surface area contributed by atoms with Gasteiger partial charge in [-0.05, 0) is 47.5 Å². The van der Waals surface area contributed by atoms with Gasteiger partial charge in [-0.1, -0.05) is 13.8 Å². The molecular formula is C15H26BrN3O. The van der Waals surface area contributed by atoms with Crippen LogP contribution in [0.15, 0.2) is 4.47 Å². The highest BCUT2D eigenvalue weighted by molar-refractivity contribution is 9.10. The molecule has 0 aromatic carbocycles. The molecule has 1 saturated heterocycles. The molecule has 0 saturated carbocycles. The van der Waals surface area contributed by atoms with Crippen LogP contribution in [0.25, 0.3) is 0 Å². The largest absolute Gasteiger partial charge is 0.381 e. The fourth-order valence-electron chi connectivity index (χ4n) is 2.71. The lowest BCUT2D eigenvalue weighted by Crippen LogP contribution is -2.36. The molecule has 0 spiro atoms. The molecule has 1 aliphatic heterocycles. The van der Waals surface area contributed by atoms with Crippen LogP contribution in [0.1, 0.15) is 45.0 Å². The van der Waals surface area contributed by atoms with Gasteiger partial charge in [0.15, 0.2) is 0 Å². The molecule has 1 aromatic rings. The Morgan fingerprint density at radius 1 is 1.35 bits per heavy atom. The Morgan fingerprint density at radius 2 is 2.05 bits per heavy atom. The molecule has 0 amide bonds. The summed E-state index contributed by atoms with van der Waals surface area (Å²) in [5.74, 6) is 0. The number of aromatic nitrogens is 2. The van der Waals surface area contributed by atoms with E-state index < -0.39 is 0 Å². The number of nitrogens with zero attached hydrogens (tertiary/aromatic N) is 2. The summed E-state index contributed by atoms with van der Waals surface area (Å²) in [5, 5.41) is 8.26. The second-order valence-electron chi connectivity index (χ2n) is 5.90. The van der Waals surface area contributed by atoms with E-state index in [-0.39, 0.29) is 0 Å². The fourth-order valence-corrected chi connectivity index (χ4v) is 3.41. The van der Waals surface area contributed by atoms with Gasteiger partial charge in [-0.3, -0.25) is 4.68 Å². The number of hydrogen-bond acceptors (Lipinski definition) is 3. The number of nitrogens with one attached hydrogen (secondary N) is 1. The normalized spacial score (nSPS) is 18.4. The minimum atomic E-state index is 0.370. The van der Waals surface area contributed by atoms with Crippen LogP contribution in [0.3, 0.4) is 0 Å². The topological polar surface area (TPSA) is 39.1 Å². The highest BCUT2D eigenvalue weighted by atomic mass is 79.9. The summed E-state index contributed by atoms with van der Waals surface area (Å²) in [4.78, 5) is 0. The predicted molar refractivity (Wildman–Crippen MR) is 84.8 cm³/mol. The molecule has 1 aromatic heterocycles. The summed E-state index contributed by atoms with van der Waals surface area (Å²) in [6.07, 6.45) is 3.26. The zero-order chi connectivity index (χ0) is 14.6. The van der Waals surface area contributed by atoms with E-state index in [9.17, 15) is 0 Å². The molecule has 0 radical (unpaired) electrons. The zero-order valence-corrected chi connectivity index (χ0v) is 14.4. The van der Waals surface area contributed by atoms with Gasteiger partial charge in [0.2, 0.25) is 0 Å². The first-order chi connectivity index (χ1) is 9.59. The highest BCUT2D eigenvalue weighted by Crippen LogP contribution is 2.29. The van der Waals surface area contributed by atoms with Gasteiger partial charge in [-0.2, -0.15) is 5.10 Å². The number of rotatable bonds is 6. The SMILES string of the molecule is CCc1nn(CC)c(CNCC2(C)CCOCC2)c1Br. The molecule has 5 heteroatoms. The number of aryl methyl sites for hydroxylation is 2. The molecule has 0 atom stereocenters. The van der Waals surface area contributed by atoms with Gasteiger partial charge in [-0.25, -0.2) is 0 Å². The molecule has 2 heterocycles. The van der Waals surface area contributed by atoms with Crippen molar-refractivity contribution < 1.29 is 4.74 Å². The van der Waals surface area contributed by atoms with Crippen LogP contribution in [0, 0.1) is 5.41 Å². The Kier molecular flexibility index (Phi) is 5.64. The van der Waals surface area contributed by atoms with Crippen molar-refractivity contribution in [3.05, 3.63) is 15.9 Å². The summed E-state index contributed by atoms with van der Waals surface area (Å²) in [5.41, 5.74) is 2.79. The van der Waals surface area contributed by atoms with Crippen LogP contribution < -0.4 is 5.32 Å². The van der Waals surface area contributed by atoms with Gasteiger partial charge in [0.1, 0.15) is 0 Å². The Hall–Kier alpha value is -0.390. The Bertz CT molecular complexity index is 439. The van der Waals surface area contributed by atoms with E-state index in [0.717, 1.165) is 57.8 Å². The van der Waals surface area contributed by atoms with E-state index in [4.69, 9.17) is 4.74 Å². The van der Waals surface area contributed by atoms with E-state index in [1.165, 1.54) is 10.2 Å². The van der Waals surface area contributed by atoms with Crippen molar-refractivity contribution in [2.24, 2.45) is 5.41 Å². The molecule has 114 valence electrons. The summed E-state index contributed by atoms with van der Waals surface area (Å²) in [7, 11) is 0. The van der Waals surface area contributed by atoms with Gasteiger partial charge >= 0.3 is 0 Å². The van der Waals surface area contributed by atoms with Gasteiger partial charge in [-0.15, -0.1) is 0 Å². The van der Waals surface area contributed by atoms with Crippen molar-refractivity contribution in [2.75, 3.05) is 19.8 Å². The highest BCUT2D eigenvalue weighted by Gasteiger charge is 2.27. The first kappa shape index (κ1) is 16.0. The second-order valence-corrected chi connectivity index (χ2v) is 6.70. The fraction of sp³-hybridized carbons (Fsp3) is 0.800. The van der Waals surface area contributed by atoms with Crippen molar-refractivity contribution in [2.45, 2.75) is 53.1 Å². The van der Waals surface area contributed by atoms with Crippen molar-refractivity contribution >= 4 is 15.9 Å². The number of hydrogen-bond donors (Lipinski definition) is 1. The number of halogens is 1. The third-order valence-corrected chi connectivity index (χ3v) is 5.15. The molecular weight excluding hydrogens is 318 g/mol. The van der Waals surface area contributed by atoms with E-state index in [1.807, 2.05) is 0 Å². The summed E-state index contributed by atoms with van der Waals surface area (Å²) < 4.78 is 8.73. The summed E-state index contributed by atoms with van der Waals surface area (Å²) >= 11 is 3.70. The van der Waals surface area contributed by atoms with Crippen molar-refractivity contribution in [1.82, 2.24) is 15.1 Å². The Labute approximate surface area is 130 Å². The maximum atomic E-state index is 5.45. The number of ether oxygens (including phenoxy) is 1. The van der Waals surface area contributed by atoms with E-state index in [0.29, 0.717) is 5.41 Å². The lowest BCUT2D eigenvalue weighted by atomic mass is 9.82. The lowest BCUT2D eigenvalue weighted by Gasteiger charge is -2.33. The third kappa shape index (κ3) is 3.62. The monoisotopic (exact) mass is 343 g/mol. The van der Waals surface area contributed by atoms with Crippen LogP contribution in [0.2, 0.25) is 0 Å². The minimum Gasteiger partial charge on any atom is -0.381 e. The van der Waals surface area contributed by atoms with Crippen LogP contribution in [-0.4, -0.2) is 29.5 Å². The minimum absolute atomic E-state index is 0.370. The molecule has 1 aliphatic rings. The van der Waals surface area contributed by atoms with Crippen LogP contribution in [-0.2, 0) is 24.2 Å². The molecule has 0 bridgehead atoms. The Morgan fingerprint density at radius 3 is 2.65 bits per heavy atom. The van der Waals surface area contributed by atoms with Crippen molar-refractivity contribution in [3.8, 4) is 0 Å². The maximum Gasteiger partial charge on any atom is 0.0767 e. The van der Waals surface area contributed by atoms with Crippen LogP contribution in [0.4, 0.5) is 0 Å². The molecule has 0 aliphatic carbocycles. The third-order valence-electron chi connectivity index (χ3n) is 4.24. The average molecular weight is 344 g/mol. The van der Waals surface area contributed by atoms with Crippen molar-refractivity contribution in [3.63, 3.8) is 0 Å². The molecule has 0 unspecified atom stereocenters. The lowest BCUT2D eigenvalue weighted by molar-refractivity contribution is 0.0239. The first-order valence-electron chi connectivity index (χ1n) is 7.62. The Balaban J connectivity index is 1.95. The van der Waals surface area contributed by atoms with Crippen LogP contribution in [0.5, 0.6) is 0 Å². The van der Waals surface area contributed by atoms with E-state index in [2.05, 4.69) is 51.8 Å². The molecule has 20 heavy (non-hydrogen) atoms. The van der Waals surface area contributed by atoms with E-state index >= 15 is 0 Å². The maximum absolute atomic E-state index is 5.45. The molecule has 1 N–H and O–H groups in total.